The van der Waals surface area contributed by atoms with Gasteiger partial charge in [0.1, 0.15) is 0 Å². The zero-order valence-electron chi connectivity index (χ0n) is 16.3. The van der Waals surface area contributed by atoms with Gasteiger partial charge in [-0.1, -0.05) is 56.7 Å². The highest BCUT2D eigenvalue weighted by molar-refractivity contribution is 7.98. The van der Waals surface area contributed by atoms with E-state index in [1.807, 2.05) is 56.4 Å². The lowest BCUT2D eigenvalue weighted by molar-refractivity contribution is 0.372. The average Bonchev–Trinajstić information content (AvgIpc) is 3.30. The van der Waals surface area contributed by atoms with Crippen LogP contribution >= 0.6 is 11.8 Å². The Morgan fingerprint density at radius 2 is 1.96 bits per heavy atom. The van der Waals surface area contributed by atoms with Crippen LogP contribution in [0.15, 0.2) is 38.7 Å². The summed E-state index contributed by atoms with van der Waals surface area (Å²) in [7, 11) is 0. The van der Waals surface area contributed by atoms with Gasteiger partial charge in [0, 0.05) is 12.0 Å². The molecule has 0 N–H and O–H groups in total. The molecule has 0 aliphatic carbocycles. The van der Waals surface area contributed by atoms with Gasteiger partial charge in [0.05, 0.1) is 16.7 Å². The summed E-state index contributed by atoms with van der Waals surface area (Å²) in [5.41, 5.74) is 0.587. The molecule has 0 amide bonds. The maximum absolute atomic E-state index is 12.9. The highest BCUT2D eigenvalue weighted by Crippen LogP contribution is 2.25. The standard InChI is InChI=1S/C19H22N6O2S/c1-5-10-24-15(26)12-8-6-7-9-13(12)25-17(24)21-22-18(25)28-11-14-20-16(23-27-14)19(2,3)4/h6-9H,5,10-11H2,1-4H3. The van der Waals surface area contributed by atoms with Gasteiger partial charge in [0.15, 0.2) is 11.0 Å². The fourth-order valence-corrected chi connectivity index (χ4v) is 3.77. The van der Waals surface area contributed by atoms with Crippen molar-refractivity contribution in [1.29, 1.82) is 0 Å². The summed E-state index contributed by atoms with van der Waals surface area (Å²) in [6.07, 6.45) is 0.834. The fourth-order valence-electron chi connectivity index (χ4n) is 3.00. The first-order valence-electron chi connectivity index (χ1n) is 9.22. The van der Waals surface area contributed by atoms with Crippen LogP contribution in [0.5, 0.6) is 0 Å². The number of fused-ring (bicyclic) bond motifs is 3. The van der Waals surface area contributed by atoms with Crippen LogP contribution in [-0.2, 0) is 17.7 Å². The van der Waals surface area contributed by atoms with Crippen LogP contribution in [0.3, 0.4) is 0 Å². The predicted molar refractivity (Wildman–Crippen MR) is 108 cm³/mol. The zero-order valence-corrected chi connectivity index (χ0v) is 17.2. The van der Waals surface area contributed by atoms with Gasteiger partial charge in [-0.25, -0.2) is 0 Å². The van der Waals surface area contributed by atoms with Crippen molar-refractivity contribution in [1.82, 2.24) is 29.3 Å². The van der Waals surface area contributed by atoms with Gasteiger partial charge in [-0.2, -0.15) is 4.98 Å². The molecule has 0 bridgehead atoms. The molecule has 0 saturated heterocycles. The minimum absolute atomic E-state index is 0.0411. The SMILES string of the molecule is CCCn1c(=O)c2ccccc2n2c(SCc3nc(C(C)(C)C)no3)nnc12. The van der Waals surface area contributed by atoms with Gasteiger partial charge in [0.25, 0.3) is 5.56 Å². The number of nitrogens with zero attached hydrogens (tertiary/aromatic N) is 6. The van der Waals surface area contributed by atoms with Crippen molar-refractivity contribution in [2.45, 2.75) is 57.0 Å². The van der Waals surface area contributed by atoms with E-state index in [9.17, 15) is 4.79 Å². The van der Waals surface area contributed by atoms with E-state index in [0.717, 1.165) is 11.9 Å². The molecule has 146 valence electrons. The van der Waals surface area contributed by atoms with E-state index in [1.165, 1.54) is 11.8 Å². The highest BCUT2D eigenvalue weighted by Gasteiger charge is 2.22. The molecule has 0 saturated carbocycles. The lowest BCUT2D eigenvalue weighted by Crippen LogP contribution is -2.23. The number of aromatic nitrogens is 6. The van der Waals surface area contributed by atoms with Crippen molar-refractivity contribution < 1.29 is 4.52 Å². The lowest BCUT2D eigenvalue weighted by atomic mass is 9.96. The molecule has 1 aromatic carbocycles. The van der Waals surface area contributed by atoms with E-state index < -0.39 is 0 Å². The van der Waals surface area contributed by atoms with Crippen LogP contribution in [0.4, 0.5) is 0 Å². The quantitative estimate of drug-likeness (QED) is 0.476. The van der Waals surface area contributed by atoms with Crippen molar-refractivity contribution in [3.05, 3.63) is 46.3 Å². The van der Waals surface area contributed by atoms with E-state index in [1.54, 1.807) is 4.57 Å². The van der Waals surface area contributed by atoms with Gasteiger partial charge in [-0.3, -0.25) is 13.8 Å². The van der Waals surface area contributed by atoms with Crippen LogP contribution in [0, 0.1) is 0 Å². The molecule has 4 rings (SSSR count). The minimum atomic E-state index is -0.166. The second-order valence-corrected chi connectivity index (χ2v) is 8.58. The maximum atomic E-state index is 12.9. The Balaban J connectivity index is 1.76. The number of rotatable bonds is 5. The average molecular weight is 398 g/mol. The molecule has 28 heavy (non-hydrogen) atoms. The molecule has 0 aliphatic heterocycles. The van der Waals surface area contributed by atoms with E-state index in [0.29, 0.717) is 40.3 Å². The van der Waals surface area contributed by atoms with Crippen LogP contribution in [0.25, 0.3) is 16.7 Å². The summed E-state index contributed by atoms with van der Waals surface area (Å²) in [6, 6.07) is 7.53. The molecular formula is C19H22N6O2S. The van der Waals surface area contributed by atoms with Gasteiger partial charge in [-0.15, -0.1) is 10.2 Å². The minimum Gasteiger partial charge on any atom is -0.338 e. The number of thioether (sulfide) groups is 1. The van der Waals surface area contributed by atoms with Gasteiger partial charge >= 0.3 is 0 Å². The summed E-state index contributed by atoms with van der Waals surface area (Å²) in [6.45, 7) is 8.75. The molecule has 0 spiro atoms. The zero-order chi connectivity index (χ0) is 19.9. The summed E-state index contributed by atoms with van der Waals surface area (Å²) in [5.74, 6) is 2.24. The van der Waals surface area contributed by atoms with Gasteiger partial charge in [-0.05, 0) is 18.6 Å². The van der Waals surface area contributed by atoms with E-state index >= 15 is 0 Å². The monoisotopic (exact) mass is 398 g/mol. The van der Waals surface area contributed by atoms with Crippen LogP contribution < -0.4 is 5.56 Å². The lowest BCUT2D eigenvalue weighted by Gasteiger charge is -2.10. The molecule has 9 heteroatoms. The first-order valence-corrected chi connectivity index (χ1v) is 10.2. The molecule has 0 aliphatic rings. The molecule has 0 fully saturated rings. The second kappa shape index (κ2) is 7.05. The van der Waals surface area contributed by atoms with Crippen molar-refractivity contribution in [2.75, 3.05) is 0 Å². The third kappa shape index (κ3) is 3.19. The van der Waals surface area contributed by atoms with Crippen molar-refractivity contribution in [2.24, 2.45) is 0 Å². The third-order valence-electron chi connectivity index (χ3n) is 4.39. The number of hydrogen-bond donors (Lipinski definition) is 0. The van der Waals surface area contributed by atoms with Crippen molar-refractivity contribution in [3.63, 3.8) is 0 Å². The number of benzene rings is 1. The number of aryl methyl sites for hydroxylation is 1. The van der Waals surface area contributed by atoms with E-state index in [4.69, 9.17) is 4.52 Å². The van der Waals surface area contributed by atoms with E-state index in [-0.39, 0.29) is 11.0 Å². The van der Waals surface area contributed by atoms with Crippen LogP contribution in [0.1, 0.15) is 45.8 Å². The van der Waals surface area contributed by atoms with Gasteiger partial charge < -0.3 is 4.52 Å². The van der Waals surface area contributed by atoms with Gasteiger partial charge in [0.2, 0.25) is 11.7 Å². The first-order chi connectivity index (χ1) is 13.4. The largest absolute Gasteiger partial charge is 0.338 e. The Bertz CT molecular complexity index is 1200. The Kier molecular flexibility index (Phi) is 4.70. The Morgan fingerprint density at radius 3 is 2.68 bits per heavy atom. The molecule has 3 aromatic heterocycles. The van der Waals surface area contributed by atoms with E-state index in [2.05, 4.69) is 20.3 Å². The highest BCUT2D eigenvalue weighted by atomic mass is 32.2. The summed E-state index contributed by atoms with van der Waals surface area (Å²) in [4.78, 5) is 17.3. The predicted octanol–water partition coefficient (Wildman–Crippen LogP) is 3.43. The summed E-state index contributed by atoms with van der Waals surface area (Å²) in [5, 5.41) is 14.0. The Labute approximate surface area is 166 Å². The topological polar surface area (TPSA) is 91.1 Å². The molecule has 0 unspecified atom stereocenters. The molecule has 0 radical (unpaired) electrons. The second-order valence-electron chi connectivity index (χ2n) is 7.64. The normalized spacial score (nSPS) is 12.3. The Morgan fingerprint density at radius 1 is 1.18 bits per heavy atom. The van der Waals surface area contributed by atoms with Crippen LogP contribution in [-0.4, -0.2) is 29.3 Å². The summed E-state index contributed by atoms with van der Waals surface area (Å²) >= 11 is 1.46. The van der Waals surface area contributed by atoms with Crippen molar-refractivity contribution >= 4 is 28.4 Å². The first kappa shape index (κ1) is 18.7. The van der Waals surface area contributed by atoms with Crippen molar-refractivity contribution in [3.8, 4) is 0 Å². The summed E-state index contributed by atoms with van der Waals surface area (Å²) < 4.78 is 8.99. The third-order valence-corrected chi connectivity index (χ3v) is 5.30. The Hall–Kier alpha value is -2.68. The maximum Gasteiger partial charge on any atom is 0.262 e. The number of para-hydroxylation sites is 1. The molecular weight excluding hydrogens is 376 g/mol. The molecule has 4 aromatic rings. The van der Waals surface area contributed by atoms with Crippen LogP contribution in [0.2, 0.25) is 0 Å². The fraction of sp³-hybridized carbons (Fsp3) is 0.421. The molecule has 3 heterocycles. The number of hydrogen-bond acceptors (Lipinski definition) is 7. The molecule has 8 nitrogen and oxygen atoms in total. The smallest absolute Gasteiger partial charge is 0.262 e. The molecule has 0 atom stereocenters.